The average Bonchev–Trinajstić information content (AvgIpc) is 2.80. The molecule has 2 saturated heterocycles. The predicted octanol–water partition coefficient (Wildman–Crippen LogP) is 3.15. The van der Waals surface area contributed by atoms with Crippen molar-refractivity contribution in [3.05, 3.63) is 30.3 Å². The fourth-order valence-corrected chi connectivity index (χ4v) is 5.40. The lowest BCUT2D eigenvalue weighted by molar-refractivity contribution is -0.150. The van der Waals surface area contributed by atoms with Gasteiger partial charge in [-0.05, 0) is 37.8 Å². The second kappa shape index (κ2) is 8.83. The van der Waals surface area contributed by atoms with E-state index < -0.39 is 0 Å². The molecule has 1 aromatic carbocycles. The van der Waals surface area contributed by atoms with Gasteiger partial charge in [0, 0.05) is 58.2 Å². The molecule has 0 radical (unpaired) electrons. The minimum Gasteiger partial charge on any atom is -0.381 e. The molecule has 0 spiro atoms. The smallest absolute Gasteiger partial charge is 0.243 e. The first kappa shape index (κ1) is 19.7. The van der Waals surface area contributed by atoms with Crippen LogP contribution in [-0.4, -0.2) is 73.7 Å². The standard InChI is InChI=1S/C23H35N3O2/c1-24(20-10-18-28-19-11-20)22(27)23(12-6-3-7-13-23)26-16-14-25(15-17-26)21-8-4-2-5-9-21/h2,4-5,8-9,20H,3,6-7,10-19H2,1H3. The van der Waals surface area contributed by atoms with Gasteiger partial charge in [0.05, 0.1) is 0 Å². The number of ether oxygens (including phenoxy) is 1. The number of hydrogen-bond donors (Lipinski definition) is 0. The molecular formula is C23H35N3O2. The van der Waals surface area contributed by atoms with E-state index in [0.29, 0.717) is 11.9 Å². The number of hydrogen-bond acceptors (Lipinski definition) is 4. The summed E-state index contributed by atoms with van der Waals surface area (Å²) in [4.78, 5) is 20.9. The third-order valence-corrected chi connectivity index (χ3v) is 7.14. The molecule has 0 aromatic heterocycles. The normalized spacial score (nSPS) is 24.1. The van der Waals surface area contributed by atoms with Gasteiger partial charge in [0.1, 0.15) is 5.54 Å². The van der Waals surface area contributed by atoms with Gasteiger partial charge in [0.25, 0.3) is 0 Å². The molecular weight excluding hydrogens is 350 g/mol. The van der Waals surface area contributed by atoms with Crippen molar-refractivity contribution in [3.8, 4) is 0 Å². The Labute approximate surface area is 169 Å². The average molecular weight is 386 g/mol. The highest BCUT2D eigenvalue weighted by Gasteiger charge is 2.47. The summed E-state index contributed by atoms with van der Waals surface area (Å²) in [5.74, 6) is 0.368. The monoisotopic (exact) mass is 385 g/mol. The molecule has 154 valence electrons. The van der Waals surface area contributed by atoms with E-state index >= 15 is 0 Å². The van der Waals surface area contributed by atoms with E-state index in [9.17, 15) is 4.79 Å². The van der Waals surface area contributed by atoms with E-state index in [-0.39, 0.29) is 5.54 Å². The maximum absolute atomic E-state index is 13.8. The lowest BCUT2D eigenvalue weighted by atomic mass is 9.78. The van der Waals surface area contributed by atoms with Gasteiger partial charge in [-0.2, -0.15) is 0 Å². The van der Waals surface area contributed by atoms with Crippen LogP contribution in [0.25, 0.3) is 0 Å². The van der Waals surface area contributed by atoms with Crippen molar-refractivity contribution in [3.63, 3.8) is 0 Å². The summed E-state index contributed by atoms with van der Waals surface area (Å²) >= 11 is 0. The molecule has 2 aliphatic heterocycles. The van der Waals surface area contributed by atoms with Crippen molar-refractivity contribution in [2.75, 3.05) is 51.3 Å². The quantitative estimate of drug-likeness (QED) is 0.798. The Bertz CT molecular complexity index is 631. The molecule has 4 rings (SSSR count). The summed E-state index contributed by atoms with van der Waals surface area (Å²) in [6, 6.07) is 11.0. The third kappa shape index (κ3) is 3.92. The number of benzene rings is 1. The van der Waals surface area contributed by atoms with Crippen LogP contribution >= 0.6 is 0 Å². The fourth-order valence-electron chi connectivity index (χ4n) is 5.40. The molecule has 1 saturated carbocycles. The van der Waals surface area contributed by atoms with Crippen LogP contribution in [0.3, 0.4) is 0 Å². The summed E-state index contributed by atoms with van der Waals surface area (Å²) < 4.78 is 5.52. The molecule has 3 fully saturated rings. The van der Waals surface area contributed by atoms with Crippen molar-refractivity contribution in [2.24, 2.45) is 0 Å². The predicted molar refractivity (Wildman–Crippen MR) is 113 cm³/mol. The summed E-state index contributed by atoms with van der Waals surface area (Å²) in [6.45, 7) is 5.51. The van der Waals surface area contributed by atoms with Gasteiger partial charge >= 0.3 is 0 Å². The largest absolute Gasteiger partial charge is 0.381 e. The second-order valence-corrected chi connectivity index (χ2v) is 8.66. The minimum absolute atomic E-state index is 0.284. The first-order valence-corrected chi connectivity index (χ1v) is 11.1. The number of piperazine rings is 1. The molecule has 5 nitrogen and oxygen atoms in total. The van der Waals surface area contributed by atoms with Crippen LogP contribution < -0.4 is 4.90 Å². The zero-order chi connectivity index (χ0) is 19.4. The van der Waals surface area contributed by atoms with Crippen molar-refractivity contribution in [1.29, 1.82) is 0 Å². The highest BCUT2D eigenvalue weighted by Crippen LogP contribution is 2.37. The molecule has 1 aromatic rings. The number of rotatable bonds is 4. The van der Waals surface area contributed by atoms with Crippen LogP contribution in [0.2, 0.25) is 0 Å². The highest BCUT2D eigenvalue weighted by atomic mass is 16.5. The molecule has 3 aliphatic rings. The SMILES string of the molecule is CN(C(=O)C1(N2CCN(c3ccccc3)CC2)CCCCC1)C1CCOCC1. The molecule has 0 bridgehead atoms. The summed E-state index contributed by atoms with van der Waals surface area (Å²) in [5.41, 5.74) is 1.01. The van der Waals surface area contributed by atoms with Crippen molar-refractivity contribution >= 4 is 11.6 Å². The van der Waals surface area contributed by atoms with Crippen molar-refractivity contribution in [2.45, 2.75) is 56.5 Å². The first-order valence-electron chi connectivity index (χ1n) is 11.1. The van der Waals surface area contributed by atoms with Gasteiger partial charge in [0.15, 0.2) is 0 Å². The lowest BCUT2D eigenvalue weighted by Gasteiger charge is -2.51. The van der Waals surface area contributed by atoms with E-state index in [1.807, 2.05) is 7.05 Å². The van der Waals surface area contributed by atoms with Crippen LogP contribution in [0.15, 0.2) is 30.3 Å². The maximum Gasteiger partial charge on any atom is 0.243 e. The first-order chi connectivity index (χ1) is 13.7. The molecule has 0 N–H and O–H groups in total. The second-order valence-electron chi connectivity index (χ2n) is 8.66. The van der Waals surface area contributed by atoms with E-state index in [4.69, 9.17) is 4.74 Å². The van der Waals surface area contributed by atoms with Crippen molar-refractivity contribution in [1.82, 2.24) is 9.80 Å². The van der Waals surface area contributed by atoms with E-state index in [1.165, 1.54) is 24.9 Å². The molecule has 2 heterocycles. The van der Waals surface area contributed by atoms with Gasteiger partial charge in [-0.25, -0.2) is 0 Å². The lowest BCUT2D eigenvalue weighted by Crippen LogP contribution is -2.65. The van der Waals surface area contributed by atoms with E-state index in [0.717, 1.165) is 65.1 Å². The third-order valence-electron chi connectivity index (χ3n) is 7.14. The number of amides is 1. The topological polar surface area (TPSA) is 36.0 Å². The number of carbonyl (C=O) groups is 1. The van der Waals surface area contributed by atoms with E-state index in [1.54, 1.807) is 0 Å². The molecule has 28 heavy (non-hydrogen) atoms. The van der Waals surface area contributed by atoms with Crippen LogP contribution in [-0.2, 0) is 9.53 Å². The van der Waals surface area contributed by atoms with Crippen LogP contribution in [0.5, 0.6) is 0 Å². The zero-order valence-corrected chi connectivity index (χ0v) is 17.3. The number of anilines is 1. The van der Waals surface area contributed by atoms with Crippen LogP contribution in [0.4, 0.5) is 5.69 Å². The molecule has 0 atom stereocenters. The summed E-state index contributed by atoms with van der Waals surface area (Å²) in [7, 11) is 2.04. The van der Waals surface area contributed by atoms with Gasteiger partial charge in [-0.1, -0.05) is 37.5 Å². The Kier molecular flexibility index (Phi) is 6.22. The van der Waals surface area contributed by atoms with E-state index in [2.05, 4.69) is 45.0 Å². The molecule has 1 amide bonds. The molecule has 0 unspecified atom stereocenters. The maximum atomic E-state index is 13.8. The van der Waals surface area contributed by atoms with Crippen molar-refractivity contribution < 1.29 is 9.53 Å². The molecule has 5 heteroatoms. The highest BCUT2D eigenvalue weighted by molar-refractivity contribution is 5.86. The van der Waals surface area contributed by atoms with Gasteiger partial charge in [-0.3, -0.25) is 9.69 Å². The van der Waals surface area contributed by atoms with Gasteiger partial charge in [-0.15, -0.1) is 0 Å². The van der Waals surface area contributed by atoms with Gasteiger partial charge < -0.3 is 14.5 Å². The fraction of sp³-hybridized carbons (Fsp3) is 0.696. The van der Waals surface area contributed by atoms with Crippen LogP contribution in [0, 0.1) is 0 Å². The Morgan fingerprint density at radius 3 is 2.29 bits per heavy atom. The van der Waals surface area contributed by atoms with Crippen LogP contribution in [0.1, 0.15) is 44.9 Å². The Morgan fingerprint density at radius 1 is 1.00 bits per heavy atom. The zero-order valence-electron chi connectivity index (χ0n) is 17.3. The Morgan fingerprint density at radius 2 is 1.64 bits per heavy atom. The Balaban J connectivity index is 1.47. The number of likely N-dealkylation sites (N-methyl/N-ethyl adjacent to an activating group) is 1. The number of carbonyl (C=O) groups excluding carboxylic acids is 1. The molecule has 1 aliphatic carbocycles. The number of nitrogens with zero attached hydrogens (tertiary/aromatic N) is 3. The Hall–Kier alpha value is -1.59. The summed E-state index contributed by atoms with van der Waals surface area (Å²) in [6.07, 6.45) is 7.59. The summed E-state index contributed by atoms with van der Waals surface area (Å²) in [5, 5.41) is 0. The van der Waals surface area contributed by atoms with Gasteiger partial charge in [0.2, 0.25) is 5.91 Å². The number of para-hydroxylation sites is 1. The minimum atomic E-state index is -0.284.